The zero-order valence-electron chi connectivity index (χ0n) is 16.0. The molecule has 2 atom stereocenters. The van der Waals surface area contributed by atoms with E-state index in [0.29, 0.717) is 19.6 Å². The largest absolute Gasteiger partial charge is 0.351 e. The van der Waals surface area contributed by atoms with Gasteiger partial charge in [0.25, 0.3) is 0 Å². The first kappa shape index (κ1) is 18.9. The first-order valence-corrected chi connectivity index (χ1v) is 9.13. The van der Waals surface area contributed by atoms with Crippen LogP contribution in [0, 0.1) is 6.92 Å². The van der Waals surface area contributed by atoms with E-state index in [-0.39, 0.29) is 23.9 Å². The summed E-state index contributed by atoms with van der Waals surface area (Å²) in [4.78, 5) is 30.2. The lowest BCUT2D eigenvalue weighted by Gasteiger charge is -2.18. The smallest absolute Gasteiger partial charge is 0.317 e. The number of amides is 3. The van der Waals surface area contributed by atoms with Crippen LogP contribution in [0.15, 0.2) is 30.6 Å². The topological polar surface area (TPSA) is 92.2 Å². The fourth-order valence-electron chi connectivity index (χ4n) is 3.50. The Hall–Kier alpha value is -2.90. The van der Waals surface area contributed by atoms with Crippen molar-refractivity contribution < 1.29 is 9.59 Å². The molecule has 0 aromatic carbocycles. The lowest BCUT2D eigenvalue weighted by molar-refractivity contribution is -0.119. The minimum atomic E-state index is -0.120. The Morgan fingerprint density at radius 2 is 2.07 bits per heavy atom. The van der Waals surface area contributed by atoms with Gasteiger partial charge in [-0.1, -0.05) is 6.07 Å². The second kappa shape index (κ2) is 8.20. The highest BCUT2D eigenvalue weighted by Gasteiger charge is 2.38. The van der Waals surface area contributed by atoms with Crippen LogP contribution >= 0.6 is 0 Å². The Morgan fingerprint density at radius 3 is 2.70 bits per heavy atom. The molecule has 1 fully saturated rings. The Bertz CT molecular complexity index is 801. The minimum Gasteiger partial charge on any atom is -0.351 e. The molecule has 8 heteroatoms. The first-order valence-electron chi connectivity index (χ1n) is 9.13. The standard InChI is InChI=1S/C19H26N6O2/c1-13-4-5-15(10-21-13)6-8-20-19(27)25-11-16(17(12-25)23-14(2)26)18-7-9-22-24(18)3/h4-5,7,9-10,16-17H,6,8,11-12H2,1-3H3,(H,20,27)(H,23,26)/t16-,17-/m1/s1. The molecule has 0 spiro atoms. The Morgan fingerprint density at radius 1 is 1.26 bits per heavy atom. The molecule has 3 rings (SSSR count). The molecule has 2 N–H and O–H groups in total. The maximum atomic E-state index is 12.6. The second-order valence-corrected chi connectivity index (χ2v) is 6.99. The Kier molecular flexibility index (Phi) is 5.73. The van der Waals surface area contributed by atoms with Crippen molar-refractivity contribution in [2.45, 2.75) is 32.2 Å². The number of carbonyl (C=O) groups is 2. The number of nitrogens with zero attached hydrogens (tertiary/aromatic N) is 4. The third-order valence-electron chi connectivity index (χ3n) is 4.90. The van der Waals surface area contributed by atoms with Crippen molar-refractivity contribution >= 4 is 11.9 Å². The molecule has 2 aromatic heterocycles. The summed E-state index contributed by atoms with van der Waals surface area (Å²) >= 11 is 0. The molecule has 0 unspecified atom stereocenters. The highest BCUT2D eigenvalue weighted by Crippen LogP contribution is 2.27. The zero-order chi connectivity index (χ0) is 19.4. The van der Waals surface area contributed by atoms with E-state index >= 15 is 0 Å². The maximum Gasteiger partial charge on any atom is 0.317 e. The van der Waals surface area contributed by atoms with E-state index < -0.39 is 0 Å². The zero-order valence-corrected chi connectivity index (χ0v) is 16.0. The van der Waals surface area contributed by atoms with Crippen molar-refractivity contribution in [3.05, 3.63) is 47.5 Å². The van der Waals surface area contributed by atoms with Gasteiger partial charge in [0.1, 0.15) is 0 Å². The first-order chi connectivity index (χ1) is 12.9. The second-order valence-electron chi connectivity index (χ2n) is 6.99. The third-order valence-corrected chi connectivity index (χ3v) is 4.90. The van der Waals surface area contributed by atoms with Gasteiger partial charge in [-0.3, -0.25) is 14.5 Å². The number of rotatable bonds is 5. The summed E-state index contributed by atoms with van der Waals surface area (Å²) in [6.45, 7) is 5.01. The van der Waals surface area contributed by atoms with Crippen LogP contribution in [0.4, 0.5) is 4.79 Å². The van der Waals surface area contributed by atoms with Crippen LogP contribution in [0.5, 0.6) is 0 Å². The van der Waals surface area contributed by atoms with Gasteiger partial charge in [-0.25, -0.2) is 4.79 Å². The molecule has 2 aromatic rings. The maximum absolute atomic E-state index is 12.6. The predicted molar refractivity (Wildman–Crippen MR) is 101 cm³/mol. The number of nitrogens with one attached hydrogen (secondary N) is 2. The molecule has 3 heterocycles. The van der Waals surface area contributed by atoms with Crippen molar-refractivity contribution in [3.8, 4) is 0 Å². The van der Waals surface area contributed by atoms with Gasteiger partial charge in [0.15, 0.2) is 0 Å². The van der Waals surface area contributed by atoms with Crippen LogP contribution in [0.2, 0.25) is 0 Å². The van der Waals surface area contributed by atoms with Crippen LogP contribution in [-0.2, 0) is 18.3 Å². The number of likely N-dealkylation sites (tertiary alicyclic amines) is 1. The van der Waals surface area contributed by atoms with Crippen LogP contribution in [-0.4, -0.2) is 57.3 Å². The minimum absolute atomic E-state index is 0.0217. The van der Waals surface area contributed by atoms with Crippen molar-refractivity contribution in [1.29, 1.82) is 0 Å². The van der Waals surface area contributed by atoms with Crippen LogP contribution in [0.25, 0.3) is 0 Å². The molecule has 1 aliphatic heterocycles. The summed E-state index contributed by atoms with van der Waals surface area (Å²) in [5.74, 6) is -0.0743. The number of aromatic nitrogens is 3. The van der Waals surface area contributed by atoms with Crippen molar-refractivity contribution in [2.24, 2.45) is 7.05 Å². The summed E-state index contributed by atoms with van der Waals surface area (Å²) < 4.78 is 1.80. The lowest BCUT2D eigenvalue weighted by atomic mass is 9.99. The van der Waals surface area contributed by atoms with E-state index in [0.717, 1.165) is 23.4 Å². The van der Waals surface area contributed by atoms with Crippen molar-refractivity contribution in [2.75, 3.05) is 19.6 Å². The van der Waals surface area contributed by atoms with E-state index in [9.17, 15) is 9.59 Å². The molecule has 27 heavy (non-hydrogen) atoms. The normalized spacial score (nSPS) is 19.1. The summed E-state index contributed by atoms with van der Waals surface area (Å²) in [5, 5.41) is 10.1. The molecule has 0 saturated carbocycles. The van der Waals surface area contributed by atoms with Gasteiger partial charge >= 0.3 is 6.03 Å². The molecule has 144 valence electrons. The SMILES string of the molecule is CC(=O)N[C@@H]1CN(C(=O)NCCc2ccc(C)nc2)C[C@H]1c1ccnn1C. The average Bonchev–Trinajstić information content (AvgIpc) is 3.22. The summed E-state index contributed by atoms with van der Waals surface area (Å²) in [6.07, 6.45) is 4.30. The Balaban J connectivity index is 1.58. The van der Waals surface area contributed by atoms with Crippen LogP contribution in [0.1, 0.15) is 29.8 Å². The van der Waals surface area contributed by atoms with Gasteiger partial charge in [0.05, 0.1) is 6.04 Å². The van der Waals surface area contributed by atoms with E-state index in [2.05, 4.69) is 20.7 Å². The summed E-state index contributed by atoms with van der Waals surface area (Å²) in [7, 11) is 1.87. The van der Waals surface area contributed by atoms with Crippen LogP contribution < -0.4 is 10.6 Å². The van der Waals surface area contributed by atoms with E-state index in [1.807, 2.05) is 38.4 Å². The number of hydrogen-bond acceptors (Lipinski definition) is 4. The van der Waals surface area contributed by atoms with Crippen LogP contribution in [0.3, 0.4) is 0 Å². The number of urea groups is 1. The number of pyridine rings is 1. The van der Waals surface area contributed by atoms with Gasteiger partial charge in [0, 0.05) is 63.3 Å². The molecule has 8 nitrogen and oxygen atoms in total. The van der Waals surface area contributed by atoms with Gasteiger partial charge in [0.2, 0.25) is 5.91 Å². The predicted octanol–water partition coefficient (Wildman–Crippen LogP) is 0.980. The quantitative estimate of drug-likeness (QED) is 0.821. The van der Waals surface area contributed by atoms with Crippen molar-refractivity contribution in [1.82, 2.24) is 30.3 Å². The molecule has 1 aliphatic rings. The summed E-state index contributed by atoms with van der Waals surface area (Å²) in [5.41, 5.74) is 3.08. The van der Waals surface area contributed by atoms with E-state index in [1.165, 1.54) is 6.92 Å². The monoisotopic (exact) mass is 370 g/mol. The highest BCUT2D eigenvalue weighted by molar-refractivity contribution is 5.76. The van der Waals surface area contributed by atoms with Gasteiger partial charge < -0.3 is 15.5 Å². The molecular weight excluding hydrogens is 344 g/mol. The van der Waals surface area contributed by atoms with Gasteiger partial charge in [-0.15, -0.1) is 0 Å². The molecule has 0 aliphatic carbocycles. The fraction of sp³-hybridized carbons (Fsp3) is 0.474. The molecule has 0 radical (unpaired) electrons. The number of carbonyl (C=O) groups excluding carboxylic acids is 2. The van der Waals surface area contributed by atoms with Crippen molar-refractivity contribution in [3.63, 3.8) is 0 Å². The highest BCUT2D eigenvalue weighted by atomic mass is 16.2. The lowest BCUT2D eigenvalue weighted by Crippen LogP contribution is -2.42. The van der Waals surface area contributed by atoms with Gasteiger partial charge in [-0.05, 0) is 31.0 Å². The molecule has 0 bridgehead atoms. The fourth-order valence-corrected chi connectivity index (χ4v) is 3.50. The summed E-state index contributed by atoms with van der Waals surface area (Å²) in [6, 6.07) is 5.69. The van der Waals surface area contributed by atoms with Gasteiger partial charge in [-0.2, -0.15) is 5.10 Å². The van der Waals surface area contributed by atoms with E-state index in [4.69, 9.17) is 0 Å². The molecule has 3 amide bonds. The van der Waals surface area contributed by atoms with E-state index in [1.54, 1.807) is 15.8 Å². The number of hydrogen-bond donors (Lipinski definition) is 2. The average molecular weight is 370 g/mol. The Labute approximate surface area is 159 Å². The number of aryl methyl sites for hydroxylation is 2. The molecule has 1 saturated heterocycles. The third kappa shape index (κ3) is 4.64. The molecular formula is C19H26N6O2.